The summed E-state index contributed by atoms with van der Waals surface area (Å²) in [5.41, 5.74) is -2.33. The monoisotopic (exact) mass is 331 g/mol. The lowest BCUT2D eigenvalue weighted by Crippen LogP contribution is -2.38. The van der Waals surface area contributed by atoms with E-state index in [0.717, 1.165) is 0 Å². The van der Waals surface area contributed by atoms with Gasteiger partial charge < -0.3 is 9.42 Å². The van der Waals surface area contributed by atoms with Crippen molar-refractivity contribution in [2.45, 2.75) is 24.9 Å². The molecule has 3 heterocycles. The number of likely N-dealkylation sites (tertiary alicyclic amines) is 1. The molecule has 0 unspecified atom stereocenters. The highest BCUT2D eigenvalue weighted by molar-refractivity contribution is 5.95. The number of rotatable bonds is 2. The van der Waals surface area contributed by atoms with E-state index < -0.39 is 29.0 Å². The molecule has 0 aliphatic carbocycles. The first-order valence-corrected chi connectivity index (χ1v) is 6.81. The number of hydrogen-bond acceptors (Lipinski definition) is 5. The van der Waals surface area contributed by atoms with E-state index in [9.17, 15) is 22.8 Å². The molecule has 23 heavy (non-hydrogen) atoms. The molecule has 0 radical (unpaired) electrons. The van der Waals surface area contributed by atoms with Crippen molar-refractivity contribution in [1.29, 1.82) is 0 Å². The van der Waals surface area contributed by atoms with Gasteiger partial charge in [-0.15, -0.1) is 0 Å². The summed E-state index contributed by atoms with van der Waals surface area (Å²) in [5, 5.41) is 8.96. The van der Waals surface area contributed by atoms with Crippen LogP contribution in [-0.4, -0.2) is 44.2 Å². The molecule has 1 amide bonds. The van der Waals surface area contributed by atoms with Gasteiger partial charge in [-0.05, 0) is 12.8 Å². The average molecular weight is 331 g/mol. The Morgan fingerprint density at radius 3 is 2.61 bits per heavy atom. The number of H-pyrrole nitrogens is 2. The van der Waals surface area contributed by atoms with Crippen molar-refractivity contribution in [3.05, 3.63) is 33.8 Å². The number of carbonyl (C=O) groups excluding carboxylic acids is 1. The second kappa shape index (κ2) is 5.56. The lowest BCUT2D eigenvalue weighted by Gasteiger charge is -2.30. The minimum Gasteiger partial charge on any atom is -0.363 e. The zero-order chi connectivity index (χ0) is 16.6. The predicted molar refractivity (Wildman–Crippen MR) is 68.6 cm³/mol. The van der Waals surface area contributed by atoms with E-state index >= 15 is 0 Å². The molecule has 0 atom stereocenters. The lowest BCUT2D eigenvalue weighted by molar-refractivity contribution is -0.143. The predicted octanol–water partition coefficient (Wildman–Crippen LogP) is 1.12. The topological polar surface area (TPSA) is 108 Å². The Labute approximate surface area is 126 Å². The van der Waals surface area contributed by atoms with Gasteiger partial charge in [0.05, 0.1) is 0 Å². The first-order chi connectivity index (χ1) is 10.9. The lowest BCUT2D eigenvalue weighted by atomic mass is 9.95. The molecular weight excluding hydrogens is 319 g/mol. The SMILES string of the molecule is O=C(c1conc1C(F)(F)F)N1CCC(c2n[nH]c(=O)[nH]2)CC1. The Balaban J connectivity index is 1.69. The molecule has 0 aromatic carbocycles. The van der Waals surface area contributed by atoms with E-state index in [-0.39, 0.29) is 19.0 Å². The molecule has 1 saturated heterocycles. The van der Waals surface area contributed by atoms with E-state index in [1.807, 2.05) is 0 Å². The molecule has 8 nitrogen and oxygen atoms in total. The number of nitrogens with one attached hydrogen (secondary N) is 2. The van der Waals surface area contributed by atoms with Gasteiger partial charge in [0.1, 0.15) is 17.7 Å². The highest BCUT2D eigenvalue weighted by atomic mass is 19.4. The molecule has 1 aliphatic heterocycles. The third-order valence-electron chi connectivity index (χ3n) is 3.76. The van der Waals surface area contributed by atoms with Crippen molar-refractivity contribution in [1.82, 2.24) is 25.2 Å². The fourth-order valence-corrected chi connectivity index (χ4v) is 2.60. The van der Waals surface area contributed by atoms with Crippen LogP contribution in [0.1, 0.15) is 40.6 Å². The molecule has 2 aromatic heterocycles. The largest absolute Gasteiger partial charge is 0.437 e. The molecule has 2 aromatic rings. The molecule has 0 bridgehead atoms. The van der Waals surface area contributed by atoms with Crippen molar-refractivity contribution in [2.24, 2.45) is 0 Å². The maximum atomic E-state index is 12.8. The zero-order valence-electron chi connectivity index (χ0n) is 11.7. The smallest absolute Gasteiger partial charge is 0.363 e. The maximum absolute atomic E-state index is 12.8. The Morgan fingerprint density at radius 2 is 2.04 bits per heavy atom. The number of aromatic nitrogens is 4. The van der Waals surface area contributed by atoms with Crippen molar-refractivity contribution >= 4 is 5.91 Å². The van der Waals surface area contributed by atoms with Gasteiger partial charge in [0.25, 0.3) is 5.91 Å². The fourth-order valence-electron chi connectivity index (χ4n) is 2.60. The molecular formula is C12H12F3N5O3. The van der Waals surface area contributed by atoms with Gasteiger partial charge in [0, 0.05) is 19.0 Å². The molecule has 1 aliphatic rings. The minimum atomic E-state index is -4.75. The summed E-state index contributed by atoms with van der Waals surface area (Å²) in [6.07, 6.45) is -3.06. The van der Waals surface area contributed by atoms with Gasteiger partial charge in [-0.2, -0.15) is 18.3 Å². The Bertz CT molecular complexity index is 754. The van der Waals surface area contributed by atoms with Gasteiger partial charge in [-0.25, -0.2) is 9.89 Å². The van der Waals surface area contributed by atoms with Crippen LogP contribution in [0, 0.1) is 0 Å². The van der Waals surface area contributed by atoms with Crippen molar-refractivity contribution in [2.75, 3.05) is 13.1 Å². The summed E-state index contributed by atoms with van der Waals surface area (Å²) in [6, 6.07) is 0. The van der Waals surface area contributed by atoms with Crippen molar-refractivity contribution in [3.63, 3.8) is 0 Å². The van der Waals surface area contributed by atoms with E-state index in [4.69, 9.17) is 0 Å². The summed E-state index contributed by atoms with van der Waals surface area (Å²) in [7, 11) is 0. The van der Waals surface area contributed by atoms with Crippen molar-refractivity contribution in [3.8, 4) is 0 Å². The van der Waals surface area contributed by atoms with Crippen molar-refractivity contribution < 1.29 is 22.5 Å². The minimum absolute atomic E-state index is 0.0532. The summed E-state index contributed by atoms with van der Waals surface area (Å²) in [4.78, 5) is 27.1. The highest BCUT2D eigenvalue weighted by Gasteiger charge is 2.41. The van der Waals surface area contributed by atoms with E-state index in [1.54, 1.807) is 0 Å². The first-order valence-electron chi connectivity index (χ1n) is 6.81. The van der Waals surface area contributed by atoms with Crippen LogP contribution in [-0.2, 0) is 6.18 Å². The summed E-state index contributed by atoms with van der Waals surface area (Å²) >= 11 is 0. The number of hydrogen-bond donors (Lipinski definition) is 2. The molecule has 0 spiro atoms. The number of carbonyl (C=O) groups is 1. The molecule has 2 N–H and O–H groups in total. The third kappa shape index (κ3) is 2.98. The summed E-state index contributed by atoms with van der Waals surface area (Å²) < 4.78 is 42.6. The Kier molecular flexibility index (Phi) is 3.70. The van der Waals surface area contributed by atoms with E-state index in [0.29, 0.717) is 24.9 Å². The molecule has 1 fully saturated rings. The van der Waals surface area contributed by atoms with Crippen LogP contribution in [0.25, 0.3) is 0 Å². The van der Waals surface area contributed by atoms with Gasteiger partial charge in [0.15, 0.2) is 5.69 Å². The van der Waals surface area contributed by atoms with Crippen LogP contribution in [0.2, 0.25) is 0 Å². The Hall–Kier alpha value is -2.59. The van der Waals surface area contributed by atoms with Gasteiger partial charge in [-0.1, -0.05) is 5.16 Å². The van der Waals surface area contributed by atoms with Crippen LogP contribution in [0.5, 0.6) is 0 Å². The second-order valence-corrected chi connectivity index (χ2v) is 5.20. The Morgan fingerprint density at radius 1 is 1.35 bits per heavy atom. The van der Waals surface area contributed by atoms with Crippen LogP contribution in [0.15, 0.2) is 15.6 Å². The number of halogens is 3. The number of piperidine rings is 1. The first kappa shape index (κ1) is 15.3. The quantitative estimate of drug-likeness (QED) is 0.857. The normalized spacial score (nSPS) is 16.7. The molecule has 124 valence electrons. The third-order valence-corrected chi connectivity index (χ3v) is 3.76. The summed E-state index contributed by atoms with van der Waals surface area (Å²) in [5.74, 6) is -0.335. The van der Waals surface area contributed by atoms with E-state index in [1.165, 1.54) is 4.90 Å². The standard InChI is InChI=1S/C12H12F3N5O3/c13-12(14,15)8-7(5-23-19-8)10(21)20-3-1-6(2-4-20)9-16-11(22)18-17-9/h5-6H,1-4H2,(H2,16,17,18,22). The number of alkyl halides is 3. The second-order valence-electron chi connectivity index (χ2n) is 5.20. The molecule has 3 rings (SSSR count). The molecule has 11 heteroatoms. The molecule has 0 saturated carbocycles. The number of nitrogens with zero attached hydrogens (tertiary/aromatic N) is 3. The van der Waals surface area contributed by atoms with Crippen LogP contribution in [0.3, 0.4) is 0 Å². The highest BCUT2D eigenvalue weighted by Crippen LogP contribution is 2.32. The van der Waals surface area contributed by atoms with E-state index in [2.05, 4.69) is 24.9 Å². The summed E-state index contributed by atoms with van der Waals surface area (Å²) in [6.45, 7) is 0.502. The average Bonchev–Trinajstić information content (AvgIpc) is 3.15. The zero-order valence-corrected chi connectivity index (χ0v) is 11.7. The van der Waals surface area contributed by atoms with Gasteiger partial charge >= 0.3 is 11.9 Å². The number of amides is 1. The van der Waals surface area contributed by atoms with Crippen LogP contribution < -0.4 is 5.69 Å². The maximum Gasteiger partial charge on any atom is 0.437 e. The van der Waals surface area contributed by atoms with Gasteiger partial charge in [0.2, 0.25) is 0 Å². The van der Waals surface area contributed by atoms with Gasteiger partial charge in [-0.3, -0.25) is 9.78 Å². The van der Waals surface area contributed by atoms with Crippen LogP contribution in [0.4, 0.5) is 13.2 Å². The fraction of sp³-hybridized carbons (Fsp3) is 0.500. The van der Waals surface area contributed by atoms with Crippen LogP contribution >= 0.6 is 0 Å². The number of aromatic amines is 2.